The zero-order valence-electron chi connectivity index (χ0n) is 14.2. The lowest BCUT2D eigenvalue weighted by molar-refractivity contribution is -0.385. The van der Waals surface area contributed by atoms with E-state index in [9.17, 15) is 28.4 Å². The average Bonchev–Trinajstić information content (AvgIpc) is 2.58. The van der Waals surface area contributed by atoms with E-state index < -0.39 is 17.7 Å². The number of hydrogen-bond donors (Lipinski definition) is 2. The molecule has 1 aromatic rings. The summed E-state index contributed by atoms with van der Waals surface area (Å²) in [7, 11) is 1.25. The van der Waals surface area contributed by atoms with Gasteiger partial charge in [0.25, 0.3) is 5.69 Å². The van der Waals surface area contributed by atoms with Crippen molar-refractivity contribution in [1.29, 1.82) is 0 Å². The number of rotatable bonds is 7. The highest BCUT2D eigenvalue weighted by Gasteiger charge is 2.30. The molecule has 0 bridgehead atoms. The Morgan fingerprint density at radius 1 is 1.27 bits per heavy atom. The molecule has 1 aliphatic rings. The molecule has 1 aliphatic carbocycles. The van der Waals surface area contributed by atoms with E-state index in [0.29, 0.717) is 12.8 Å². The maximum Gasteiger partial charge on any atom is 0.422 e. The van der Waals surface area contributed by atoms with Crippen molar-refractivity contribution in [3.63, 3.8) is 0 Å². The van der Waals surface area contributed by atoms with Crippen LogP contribution in [0.3, 0.4) is 0 Å². The maximum atomic E-state index is 12.3. The molecule has 7 nitrogen and oxygen atoms in total. The van der Waals surface area contributed by atoms with Crippen molar-refractivity contribution < 1.29 is 32.7 Å². The van der Waals surface area contributed by atoms with Gasteiger partial charge in [0.15, 0.2) is 18.1 Å². The van der Waals surface area contributed by atoms with E-state index in [1.54, 1.807) is 0 Å². The number of hydrogen-bond acceptors (Lipinski definition) is 6. The molecule has 0 saturated heterocycles. The lowest BCUT2D eigenvalue weighted by Crippen LogP contribution is -2.34. The molecule has 2 rings (SSSR count). The molecule has 0 amide bonds. The number of methoxy groups -OCH3 is 1. The van der Waals surface area contributed by atoms with Crippen LogP contribution in [0.25, 0.3) is 0 Å². The molecule has 0 aliphatic heterocycles. The van der Waals surface area contributed by atoms with Crippen LogP contribution in [0, 0.1) is 10.1 Å². The molecule has 0 radical (unpaired) electrons. The quantitative estimate of drug-likeness (QED) is 0.560. The zero-order chi connectivity index (χ0) is 19.3. The summed E-state index contributed by atoms with van der Waals surface area (Å²) in [6.45, 7) is -1.41. The zero-order valence-corrected chi connectivity index (χ0v) is 14.2. The number of aliphatic hydroxyl groups excluding tert-OH is 1. The van der Waals surface area contributed by atoms with Crippen LogP contribution in [0.5, 0.6) is 11.5 Å². The smallest absolute Gasteiger partial charge is 0.422 e. The predicted molar refractivity (Wildman–Crippen MR) is 86.3 cm³/mol. The van der Waals surface area contributed by atoms with Gasteiger partial charge in [0.05, 0.1) is 24.2 Å². The summed E-state index contributed by atoms with van der Waals surface area (Å²) in [5.74, 6) is -0.336. The van der Waals surface area contributed by atoms with Crippen molar-refractivity contribution in [3.8, 4) is 11.5 Å². The van der Waals surface area contributed by atoms with Crippen molar-refractivity contribution in [1.82, 2.24) is 5.32 Å². The highest BCUT2D eigenvalue weighted by Crippen LogP contribution is 2.36. The van der Waals surface area contributed by atoms with Gasteiger partial charge >= 0.3 is 6.18 Å². The molecule has 0 heterocycles. The monoisotopic (exact) mass is 378 g/mol. The normalized spacial score (nSPS) is 20.7. The van der Waals surface area contributed by atoms with Gasteiger partial charge in [-0.15, -0.1) is 0 Å². The van der Waals surface area contributed by atoms with Crippen LogP contribution in [-0.4, -0.2) is 42.1 Å². The van der Waals surface area contributed by atoms with Crippen molar-refractivity contribution in [2.24, 2.45) is 0 Å². The lowest BCUT2D eigenvalue weighted by atomic mass is 9.93. The van der Waals surface area contributed by atoms with E-state index in [1.165, 1.54) is 13.2 Å². The largest absolute Gasteiger partial charge is 0.493 e. The standard InChI is InChI=1S/C16H21F3N2O5/c1-25-14-6-10(8-20-11-2-4-12(22)5-3-11)13(21(23)24)7-15(14)26-9-16(17,18)19/h6-7,11-12,20,22H,2-5,8-9H2,1H3. The van der Waals surface area contributed by atoms with Crippen molar-refractivity contribution in [2.45, 2.75) is 50.6 Å². The third-order valence-corrected chi connectivity index (χ3v) is 4.23. The first-order valence-electron chi connectivity index (χ1n) is 8.16. The molecule has 1 aromatic carbocycles. The summed E-state index contributed by atoms with van der Waals surface area (Å²) >= 11 is 0. The topological polar surface area (TPSA) is 93.9 Å². The number of benzene rings is 1. The van der Waals surface area contributed by atoms with E-state index >= 15 is 0 Å². The van der Waals surface area contributed by atoms with Crippen molar-refractivity contribution in [2.75, 3.05) is 13.7 Å². The Morgan fingerprint density at radius 3 is 2.46 bits per heavy atom. The van der Waals surface area contributed by atoms with Crippen LogP contribution in [0.4, 0.5) is 18.9 Å². The Morgan fingerprint density at radius 2 is 1.92 bits per heavy atom. The molecule has 1 fully saturated rings. The first kappa shape index (κ1) is 20.2. The minimum atomic E-state index is -4.56. The number of nitrogens with one attached hydrogen (secondary N) is 1. The van der Waals surface area contributed by atoms with Gasteiger partial charge in [0, 0.05) is 18.2 Å². The number of nitro groups is 1. The van der Waals surface area contributed by atoms with Crippen LogP contribution in [0.15, 0.2) is 12.1 Å². The molecule has 0 unspecified atom stereocenters. The average molecular weight is 378 g/mol. The van der Waals surface area contributed by atoms with E-state index in [2.05, 4.69) is 10.1 Å². The molecular formula is C16H21F3N2O5. The Bertz CT molecular complexity index is 631. The summed E-state index contributed by atoms with van der Waals surface area (Å²) < 4.78 is 46.7. The minimum Gasteiger partial charge on any atom is -0.493 e. The molecule has 0 spiro atoms. The summed E-state index contributed by atoms with van der Waals surface area (Å²) in [6.07, 6.45) is -2.06. The fraction of sp³-hybridized carbons (Fsp3) is 0.625. The van der Waals surface area contributed by atoms with Gasteiger partial charge in [-0.3, -0.25) is 10.1 Å². The molecule has 0 atom stereocenters. The number of halogens is 3. The van der Waals surface area contributed by atoms with Crippen LogP contribution in [-0.2, 0) is 6.54 Å². The predicted octanol–water partition coefficient (Wildman–Crippen LogP) is 2.94. The second kappa shape index (κ2) is 8.54. The summed E-state index contributed by atoms with van der Waals surface area (Å²) in [6, 6.07) is 2.38. The van der Waals surface area contributed by atoms with E-state index in [1.807, 2.05) is 0 Å². The molecule has 1 saturated carbocycles. The van der Waals surface area contributed by atoms with Gasteiger partial charge in [-0.1, -0.05) is 0 Å². The Hall–Kier alpha value is -2.07. The van der Waals surface area contributed by atoms with Gasteiger partial charge in [-0.25, -0.2) is 0 Å². The van der Waals surface area contributed by atoms with Gasteiger partial charge in [-0.2, -0.15) is 13.2 Å². The maximum absolute atomic E-state index is 12.3. The Labute approximate surface area is 148 Å². The van der Waals surface area contributed by atoms with Gasteiger partial charge in [0.2, 0.25) is 0 Å². The number of alkyl halides is 3. The van der Waals surface area contributed by atoms with Crippen LogP contribution >= 0.6 is 0 Å². The Balaban J connectivity index is 2.15. The third kappa shape index (κ3) is 5.73. The Kier molecular flexibility index (Phi) is 6.65. The number of nitro benzene ring substituents is 1. The molecular weight excluding hydrogens is 357 g/mol. The highest BCUT2D eigenvalue weighted by atomic mass is 19.4. The fourth-order valence-electron chi connectivity index (χ4n) is 2.87. The van der Waals surface area contributed by atoms with Crippen molar-refractivity contribution in [3.05, 3.63) is 27.8 Å². The second-order valence-electron chi connectivity index (χ2n) is 6.18. The molecule has 0 aromatic heterocycles. The van der Waals surface area contributed by atoms with Crippen LogP contribution in [0.1, 0.15) is 31.2 Å². The SMILES string of the molecule is COc1cc(CNC2CCC(O)CC2)c([N+](=O)[O-])cc1OCC(F)(F)F. The summed E-state index contributed by atoms with van der Waals surface area (Å²) in [4.78, 5) is 10.6. The van der Waals surface area contributed by atoms with E-state index in [4.69, 9.17) is 4.74 Å². The highest BCUT2D eigenvalue weighted by molar-refractivity contribution is 5.54. The van der Waals surface area contributed by atoms with Crippen LogP contribution in [0.2, 0.25) is 0 Å². The fourth-order valence-corrected chi connectivity index (χ4v) is 2.87. The van der Waals surface area contributed by atoms with Crippen molar-refractivity contribution >= 4 is 5.69 Å². The van der Waals surface area contributed by atoms with E-state index in [0.717, 1.165) is 18.9 Å². The number of ether oxygens (including phenoxy) is 2. The molecule has 10 heteroatoms. The summed E-state index contributed by atoms with van der Waals surface area (Å²) in [5, 5.41) is 24.0. The molecule has 2 N–H and O–H groups in total. The first-order chi connectivity index (χ1) is 12.2. The lowest BCUT2D eigenvalue weighted by Gasteiger charge is -2.26. The van der Waals surface area contributed by atoms with Gasteiger partial charge < -0.3 is 19.9 Å². The van der Waals surface area contributed by atoms with E-state index in [-0.39, 0.29) is 41.4 Å². The second-order valence-corrected chi connectivity index (χ2v) is 6.18. The van der Waals surface area contributed by atoms with Gasteiger partial charge in [-0.05, 0) is 31.7 Å². The van der Waals surface area contributed by atoms with Crippen LogP contribution < -0.4 is 14.8 Å². The number of aliphatic hydroxyl groups is 1. The molecule has 146 valence electrons. The first-order valence-corrected chi connectivity index (χ1v) is 8.16. The number of nitrogens with zero attached hydrogens (tertiary/aromatic N) is 1. The van der Waals surface area contributed by atoms with Gasteiger partial charge in [0.1, 0.15) is 0 Å². The third-order valence-electron chi connectivity index (χ3n) is 4.23. The summed E-state index contributed by atoms with van der Waals surface area (Å²) in [5.41, 5.74) is -0.0522. The minimum absolute atomic E-state index is 0.00397. The molecule has 26 heavy (non-hydrogen) atoms.